The first kappa shape index (κ1) is 28.3. The lowest BCUT2D eigenvalue weighted by atomic mass is 9.74. The average Bonchev–Trinajstić information content (AvgIpc) is 3.46. The van der Waals surface area contributed by atoms with Gasteiger partial charge in [-0.25, -0.2) is 0 Å². The molecule has 4 aromatic carbocycles. The summed E-state index contributed by atoms with van der Waals surface area (Å²) in [5.74, 6) is 0.843. The Morgan fingerprint density at radius 1 is 0.622 bits per heavy atom. The topological polar surface area (TPSA) is 0 Å². The summed E-state index contributed by atoms with van der Waals surface area (Å²) in [6.45, 7) is 18.8. The van der Waals surface area contributed by atoms with Crippen LogP contribution in [0.1, 0.15) is 100 Å². The van der Waals surface area contributed by atoms with Gasteiger partial charge in [0.2, 0.25) is 0 Å². The number of hydrogen-bond donors (Lipinski definition) is 0. The van der Waals surface area contributed by atoms with Gasteiger partial charge in [0.15, 0.2) is 0 Å². The van der Waals surface area contributed by atoms with E-state index in [2.05, 4.69) is 165 Å². The molecule has 0 saturated heterocycles. The van der Waals surface area contributed by atoms with Crippen LogP contribution in [-0.2, 0) is 16.2 Å². The summed E-state index contributed by atoms with van der Waals surface area (Å²) in [6, 6.07) is 30.6. The van der Waals surface area contributed by atoms with Crippen LogP contribution >= 0.6 is 0 Å². The van der Waals surface area contributed by atoms with E-state index in [1.54, 1.807) is 0 Å². The van der Waals surface area contributed by atoms with Gasteiger partial charge in [-0.1, -0.05) is 159 Å². The lowest BCUT2D eigenvalue weighted by Gasteiger charge is -2.29. The molecule has 0 amide bonds. The van der Waals surface area contributed by atoms with E-state index in [-0.39, 0.29) is 16.2 Å². The van der Waals surface area contributed by atoms with E-state index in [1.807, 2.05) is 0 Å². The quantitative estimate of drug-likeness (QED) is 0.220. The van der Waals surface area contributed by atoms with Gasteiger partial charge in [-0.3, -0.25) is 0 Å². The summed E-state index contributed by atoms with van der Waals surface area (Å²) in [4.78, 5) is 0. The van der Waals surface area contributed by atoms with Crippen molar-refractivity contribution < 1.29 is 0 Å². The molecular weight excluding hydrogens is 540 g/mol. The number of rotatable bonds is 2. The zero-order valence-electron chi connectivity index (χ0n) is 28.0. The van der Waals surface area contributed by atoms with Gasteiger partial charge in [-0.15, -0.1) is 0 Å². The van der Waals surface area contributed by atoms with Crippen LogP contribution in [0.2, 0.25) is 0 Å². The third-order valence-corrected chi connectivity index (χ3v) is 11.0. The van der Waals surface area contributed by atoms with Gasteiger partial charge >= 0.3 is 0 Å². The van der Waals surface area contributed by atoms with Crippen molar-refractivity contribution in [3.63, 3.8) is 0 Å². The number of hydrogen-bond acceptors (Lipinski definition) is 0. The van der Waals surface area contributed by atoms with Crippen molar-refractivity contribution >= 4 is 11.1 Å². The molecule has 0 bridgehead atoms. The van der Waals surface area contributed by atoms with Crippen LogP contribution in [0.5, 0.6) is 0 Å². The zero-order chi connectivity index (χ0) is 31.5. The van der Waals surface area contributed by atoms with E-state index in [0.717, 1.165) is 0 Å². The van der Waals surface area contributed by atoms with Gasteiger partial charge < -0.3 is 0 Å². The first-order valence-electron chi connectivity index (χ1n) is 16.7. The van der Waals surface area contributed by atoms with Crippen LogP contribution in [0.3, 0.4) is 0 Å². The average molecular weight is 585 g/mol. The highest BCUT2D eigenvalue weighted by Crippen LogP contribution is 2.56. The molecule has 0 fully saturated rings. The standard InChI is InChI=1S/C45H44/c1-43(2,3)29-20-21-37-39(25-29)45(7,8)40-26-30(44(4,5)6)24-38(42(37)40)28-18-16-27(17-19-28)31-22-23-36-33-13-10-9-12-32(33)35-15-11-14-34(31)41(35)36/h9-26,36,41H,1-8H3. The van der Waals surface area contributed by atoms with E-state index < -0.39 is 0 Å². The summed E-state index contributed by atoms with van der Waals surface area (Å²) in [5, 5.41) is 0. The predicted octanol–water partition coefficient (Wildman–Crippen LogP) is 11.9. The van der Waals surface area contributed by atoms with Gasteiger partial charge in [-0.05, 0) is 94.8 Å². The third-order valence-electron chi connectivity index (χ3n) is 11.0. The fraction of sp³-hybridized carbons (Fsp3) is 0.289. The Morgan fingerprint density at radius 3 is 2.04 bits per heavy atom. The van der Waals surface area contributed by atoms with Crippen LogP contribution in [0.4, 0.5) is 0 Å². The van der Waals surface area contributed by atoms with E-state index in [0.29, 0.717) is 11.8 Å². The molecule has 8 rings (SSSR count). The van der Waals surface area contributed by atoms with Crippen molar-refractivity contribution in [2.45, 2.75) is 77.6 Å². The first-order chi connectivity index (χ1) is 21.3. The molecule has 0 saturated carbocycles. The maximum Gasteiger partial charge on any atom is 0.0205 e. The molecule has 0 N–H and O–H groups in total. The maximum atomic E-state index is 2.50. The van der Waals surface area contributed by atoms with Gasteiger partial charge in [0.1, 0.15) is 0 Å². The Labute approximate surface area is 269 Å². The smallest absolute Gasteiger partial charge is 0.0205 e. The minimum atomic E-state index is -0.0603. The zero-order valence-corrected chi connectivity index (χ0v) is 28.0. The van der Waals surface area contributed by atoms with Gasteiger partial charge in [0.25, 0.3) is 0 Å². The molecule has 0 heterocycles. The van der Waals surface area contributed by atoms with Crippen molar-refractivity contribution in [2.24, 2.45) is 5.92 Å². The maximum absolute atomic E-state index is 2.50. The van der Waals surface area contributed by atoms with Crippen molar-refractivity contribution in [1.82, 2.24) is 0 Å². The predicted molar refractivity (Wildman–Crippen MR) is 193 cm³/mol. The lowest BCUT2D eigenvalue weighted by molar-refractivity contribution is 0.580. The number of allylic oxidation sites excluding steroid dienone is 8. The van der Waals surface area contributed by atoms with Crippen LogP contribution in [-0.4, -0.2) is 0 Å². The van der Waals surface area contributed by atoms with Crippen LogP contribution in [0.25, 0.3) is 33.4 Å². The highest BCUT2D eigenvalue weighted by molar-refractivity contribution is 5.95. The van der Waals surface area contributed by atoms with Gasteiger partial charge in [0.05, 0.1) is 0 Å². The number of fused-ring (bicyclic) bond motifs is 6. The van der Waals surface area contributed by atoms with Crippen molar-refractivity contribution in [2.75, 3.05) is 0 Å². The molecule has 4 aromatic rings. The molecular formula is C45H44. The minimum Gasteiger partial charge on any atom is -0.0754 e. The summed E-state index contributed by atoms with van der Waals surface area (Å²) in [5.41, 5.74) is 19.7. The molecule has 224 valence electrons. The second kappa shape index (κ2) is 9.43. The SMILES string of the molecule is CC(C)(C)c1ccc2c(c1)C(C)(C)c1cc(C(C)(C)C)cc(-c3ccc(C4=C5C=CC=C6c7ccccc7C(C=C4)C65)cc3)c1-2. The minimum absolute atomic E-state index is 0.0540. The highest BCUT2D eigenvalue weighted by atomic mass is 14.4. The lowest BCUT2D eigenvalue weighted by Crippen LogP contribution is -2.19. The second-order valence-corrected chi connectivity index (χ2v) is 16.2. The van der Waals surface area contributed by atoms with Crippen molar-refractivity contribution in [3.05, 3.63) is 154 Å². The summed E-state index contributed by atoms with van der Waals surface area (Å²) in [6.07, 6.45) is 11.8. The van der Waals surface area contributed by atoms with Gasteiger partial charge in [-0.2, -0.15) is 0 Å². The fourth-order valence-corrected chi connectivity index (χ4v) is 8.34. The molecule has 0 aromatic heterocycles. The van der Waals surface area contributed by atoms with Gasteiger partial charge in [0, 0.05) is 17.3 Å². The molecule has 0 nitrogen and oxygen atoms in total. The molecule has 0 aliphatic heterocycles. The summed E-state index contributed by atoms with van der Waals surface area (Å²) >= 11 is 0. The molecule has 0 heteroatoms. The Morgan fingerprint density at radius 2 is 1.31 bits per heavy atom. The fourth-order valence-electron chi connectivity index (χ4n) is 8.34. The molecule has 0 spiro atoms. The molecule has 4 aliphatic carbocycles. The van der Waals surface area contributed by atoms with E-state index in [1.165, 1.54) is 77.9 Å². The number of benzene rings is 4. The molecule has 45 heavy (non-hydrogen) atoms. The first-order valence-corrected chi connectivity index (χ1v) is 16.7. The molecule has 2 atom stereocenters. The largest absolute Gasteiger partial charge is 0.0754 e. The Kier molecular flexibility index (Phi) is 5.93. The Bertz CT molecular complexity index is 2020. The van der Waals surface area contributed by atoms with Crippen molar-refractivity contribution in [1.29, 1.82) is 0 Å². The monoisotopic (exact) mass is 584 g/mol. The van der Waals surface area contributed by atoms with E-state index in [9.17, 15) is 0 Å². The van der Waals surface area contributed by atoms with Crippen molar-refractivity contribution in [3.8, 4) is 22.3 Å². The Hall–Kier alpha value is -4.16. The Balaban J connectivity index is 1.25. The third kappa shape index (κ3) is 4.18. The van der Waals surface area contributed by atoms with E-state index >= 15 is 0 Å². The molecule has 2 unspecified atom stereocenters. The van der Waals surface area contributed by atoms with E-state index in [4.69, 9.17) is 0 Å². The van der Waals surface area contributed by atoms with Crippen LogP contribution in [0.15, 0.2) is 115 Å². The van der Waals surface area contributed by atoms with Crippen LogP contribution < -0.4 is 0 Å². The van der Waals surface area contributed by atoms with Crippen LogP contribution in [0, 0.1) is 5.92 Å². The molecule has 0 radical (unpaired) electrons. The summed E-state index contributed by atoms with van der Waals surface area (Å²) < 4.78 is 0. The normalized spacial score (nSPS) is 20.5. The highest BCUT2D eigenvalue weighted by Gasteiger charge is 2.41. The summed E-state index contributed by atoms with van der Waals surface area (Å²) in [7, 11) is 0. The second-order valence-electron chi connectivity index (χ2n) is 16.2. The molecule has 4 aliphatic rings.